The molecular formula is C17H18BrN. The number of hydrogen-bond acceptors (Lipinski definition) is 1. The molecule has 0 aliphatic carbocycles. The lowest BCUT2D eigenvalue weighted by Gasteiger charge is -2.24. The molecule has 3 rings (SSSR count). The van der Waals surface area contributed by atoms with Gasteiger partial charge in [-0.2, -0.15) is 0 Å². The lowest BCUT2D eigenvalue weighted by atomic mass is 10.0. The van der Waals surface area contributed by atoms with Gasteiger partial charge in [-0.3, -0.25) is 4.90 Å². The molecule has 2 unspecified atom stereocenters. The van der Waals surface area contributed by atoms with Crippen molar-refractivity contribution in [1.82, 2.24) is 4.90 Å². The molecule has 0 amide bonds. The predicted octanol–water partition coefficient (Wildman–Crippen LogP) is 4.40. The number of likely N-dealkylation sites (tertiary alicyclic amines) is 1. The molecule has 1 nitrogen and oxygen atoms in total. The maximum Gasteiger partial charge on any atom is 0.0363 e. The van der Waals surface area contributed by atoms with Gasteiger partial charge in [0.25, 0.3) is 0 Å². The fraction of sp³-hybridized carbons (Fsp3) is 0.294. The van der Waals surface area contributed by atoms with E-state index in [2.05, 4.69) is 81.5 Å². The summed E-state index contributed by atoms with van der Waals surface area (Å²) in [5.41, 5.74) is 2.82. The summed E-state index contributed by atoms with van der Waals surface area (Å²) in [6.07, 6.45) is 1.19. The van der Waals surface area contributed by atoms with Gasteiger partial charge in [-0.25, -0.2) is 0 Å². The van der Waals surface area contributed by atoms with Crippen molar-refractivity contribution in [3.63, 3.8) is 0 Å². The minimum atomic E-state index is 0.533. The third-order valence-corrected chi connectivity index (χ3v) is 4.43. The minimum absolute atomic E-state index is 0.533. The Labute approximate surface area is 123 Å². The van der Waals surface area contributed by atoms with Crippen molar-refractivity contribution in [3.8, 4) is 0 Å². The molecule has 0 bridgehead atoms. The van der Waals surface area contributed by atoms with Crippen LogP contribution in [0.4, 0.5) is 0 Å². The first-order valence-corrected chi connectivity index (χ1v) is 7.71. The van der Waals surface area contributed by atoms with E-state index < -0.39 is 0 Å². The number of alkyl halides is 1. The quantitative estimate of drug-likeness (QED) is 0.759. The molecule has 1 heterocycles. The number of hydrogen-bond donors (Lipinski definition) is 0. The number of benzene rings is 2. The summed E-state index contributed by atoms with van der Waals surface area (Å²) in [5, 5.41) is 0. The average Bonchev–Trinajstić information content (AvgIpc) is 2.82. The van der Waals surface area contributed by atoms with Crippen LogP contribution in [0.1, 0.15) is 23.6 Å². The maximum absolute atomic E-state index is 3.79. The van der Waals surface area contributed by atoms with Gasteiger partial charge in [0.05, 0.1) is 0 Å². The standard InChI is InChI=1S/C17H18BrN/c18-16-11-17(15-9-5-2-6-10-15)19(13-16)12-14-7-3-1-4-8-14/h1-10,16-17H,11-13H2. The summed E-state index contributed by atoms with van der Waals surface area (Å²) in [6.45, 7) is 2.15. The van der Waals surface area contributed by atoms with Crippen molar-refractivity contribution in [3.05, 3.63) is 71.8 Å². The zero-order chi connectivity index (χ0) is 13.1. The SMILES string of the molecule is BrC1CC(c2ccccc2)N(Cc2ccccc2)C1. The zero-order valence-corrected chi connectivity index (χ0v) is 12.5. The highest BCUT2D eigenvalue weighted by molar-refractivity contribution is 9.09. The van der Waals surface area contributed by atoms with Gasteiger partial charge in [0.15, 0.2) is 0 Å². The highest BCUT2D eigenvalue weighted by Crippen LogP contribution is 2.36. The first kappa shape index (κ1) is 12.9. The molecule has 0 N–H and O–H groups in total. The van der Waals surface area contributed by atoms with E-state index >= 15 is 0 Å². The normalized spacial score (nSPS) is 23.6. The molecule has 0 saturated carbocycles. The number of nitrogens with zero attached hydrogens (tertiary/aromatic N) is 1. The van der Waals surface area contributed by atoms with Crippen molar-refractivity contribution in [2.75, 3.05) is 6.54 Å². The minimum Gasteiger partial charge on any atom is -0.291 e. The summed E-state index contributed by atoms with van der Waals surface area (Å²) in [5.74, 6) is 0. The Morgan fingerprint density at radius 3 is 2.26 bits per heavy atom. The number of rotatable bonds is 3. The molecular weight excluding hydrogens is 298 g/mol. The summed E-state index contributed by atoms with van der Waals surface area (Å²) in [4.78, 5) is 3.17. The van der Waals surface area contributed by atoms with Crippen LogP contribution in [-0.4, -0.2) is 16.3 Å². The van der Waals surface area contributed by atoms with Crippen molar-refractivity contribution in [1.29, 1.82) is 0 Å². The van der Waals surface area contributed by atoms with Gasteiger partial charge in [0.2, 0.25) is 0 Å². The Bertz CT molecular complexity index is 511. The van der Waals surface area contributed by atoms with Gasteiger partial charge in [-0.15, -0.1) is 0 Å². The molecule has 1 fully saturated rings. The van der Waals surface area contributed by atoms with Gasteiger partial charge >= 0.3 is 0 Å². The van der Waals surface area contributed by atoms with Crippen molar-refractivity contribution < 1.29 is 0 Å². The van der Waals surface area contributed by atoms with E-state index in [1.807, 2.05) is 0 Å². The second kappa shape index (κ2) is 5.89. The molecule has 2 atom stereocenters. The van der Waals surface area contributed by atoms with E-state index in [0.717, 1.165) is 13.1 Å². The van der Waals surface area contributed by atoms with Crippen LogP contribution in [0.25, 0.3) is 0 Å². The van der Waals surface area contributed by atoms with Crippen molar-refractivity contribution >= 4 is 15.9 Å². The van der Waals surface area contributed by atoms with E-state index in [0.29, 0.717) is 10.9 Å². The Kier molecular flexibility index (Phi) is 4.00. The summed E-state index contributed by atoms with van der Waals surface area (Å²) in [6, 6.07) is 22.1. The molecule has 1 aliphatic rings. The molecule has 0 spiro atoms. The van der Waals surface area contributed by atoms with Crippen LogP contribution in [0.3, 0.4) is 0 Å². The van der Waals surface area contributed by atoms with Gasteiger partial charge in [-0.1, -0.05) is 76.6 Å². The van der Waals surface area contributed by atoms with Gasteiger partial charge < -0.3 is 0 Å². The molecule has 2 heteroatoms. The highest BCUT2D eigenvalue weighted by atomic mass is 79.9. The fourth-order valence-corrected chi connectivity index (χ4v) is 3.59. The molecule has 2 aromatic rings. The largest absolute Gasteiger partial charge is 0.291 e. The van der Waals surface area contributed by atoms with E-state index in [-0.39, 0.29) is 0 Å². The maximum atomic E-state index is 3.79. The van der Waals surface area contributed by atoms with Gasteiger partial charge in [0.1, 0.15) is 0 Å². The smallest absolute Gasteiger partial charge is 0.0363 e. The summed E-state index contributed by atoms with van der Waals surface area (Å²) < 4.78 is 0. The molecule has 0 aromatic heterocycles. The van der Waals surface area contributed by atoms with E-state index in [9.17, 15) is 0 Å². The molecule has 1 saturated heterocycles. The lowest BCUT2D eigenvalue weighted by Crippen LogP contribution is -2.23. The third-order valence-electron chi connectivity index (χ3n) is 3.77. The molecule has 19 heavy (non-hydrogen) atoms. The zero-order valence-electron chi connectivity index (χ0n) is 10.9. The van der Waals surface area contributed by atoms with Crippen LogP contribution in [0, 0.1) is 0 Å². The van der Waals surface area contributed by atoms with Gasteiger partial charge in [0, 0.05) is 24.0 Å². The van der Waals surface area contributed by atoms with E-state index in [1.165, 1.54) is 17.5 Å². The Morgan fingerprint density at radius 2 is 1.58 bits per heavy atom. The molecule has 98 valence electrons. The van der Waals surface area contributed by atoms with Crippen LogP contribution in [0.2, 0.25) is 0 Å². The van der Waals surface area contributed by atoms with Crippen molar-refractivity contribution in [2.24, 2.45) is 0 Å². The summed E-state index contributed by atoms with van der Waals surface area (Å²) >= 11 is 3.79. The second-order valence-electron chi connectivity index (χ2n) is 5.17. The van der Waals surface area contributed by atoms with Crippen LogP contribution in [0.15, 0.2) is 60.7 Å². The van der Waals surface area contributed by atoms with Crippen LogP contribution in [-0.2, 0) is 6.54 Å². The third kappa shape index (κ3) is 3.07. The second-order valence-corrected chi connectivity index (χ2v) is 6.47. The first-order chi connectivity index (χ1) is 9.33. The van der Waals surface area contributed by atoms with E-state index in [4.69, 9.17) is 0 Å². The van der Waals surface area contributed by atoms with Crippen molar-refractivity contribution in [2.45, 2.75) is 23.8 Å². The van der Waals surface area contributed by atoms with Crippen LogP contribution < -0.4 is 0 Å². The van der Waals surface area contributed by atoms with E-state index in [1.54, 1.807) is 0 Å². The molecule has 2 aromatic carbocycles. The van der Waals surface area contributed by atoms with Gasteiger partial charge in [-0.05, 0) is 17.5 Å². The van der Waals surface area contributed by atoms with Crippen LogP contribution in [0.5, 0.6) is 0 Å². The average molecular weight is 316 g/mol. The number of halogens is 1. The molecule has 0 radical (unpaired) electrons. The Balaban J connectivity index is 1.79. The molecule has 1 aliphatic heterocycles. The topological polar surface area (TPSA) is 3.24 Å². The monoisotopic (exact) mass is 315 g/mol. The first-order valence-electron chi connectivity index (χ1n) is 6.80. The fourth-order valence-electron chi connectivity index (χ4n) is 2.86. The summed E-state index contributed by atoms with van der Waals surface area (Å²) in [7, 11) is 0. The lowest BCUT2D eigenvalue weighted by molar-refractivity contribution is 0.249. The highest BCUT2D eigenvalue weighted by Gasteiger charge is 2.31. The Hall–Kier alpha value is -1.12. The predicted molar refractivity (Wildman–Crippen MR) is 83.4 cm³/mol. The Morgan fingerprint density at radius 1 is 0.947 bits per heavy atom. The van der Waals surface area contributed by atoms with Crippen LogP contribution >= 0.6 is 15.9 Å².